The van der Waals surface area contributed by atoms with Crippen molar-refractivity contribution in [2.75, 3.05) is 0 Å². The Labute approximate surface area is 89.5 Å². The summed E-state index contributed by atoms with van der Waals surface area (Å²) in [6, 6.07) is 3.76. The number of aryl methyl sites for hydroxylation is 2. The van der Waals surface area contributed by atoms with E-state index in [0.717, 1.165) is 17.0 Å². The monoisotopic (exact) mass is 205 g/mol. The Bertz CT molecular complexity index is 388. The zero-order valence-electron chi connectivity index (χ0n) is 9.24. The first-order valence-corrected chi connectivity index (χ1v) is 4.92. The number of aromatic nitrogens is 1. The van der Waals surface area contributed by atoms with Crippen LogP contribution in [0, 0.1) is 13.8 Å². The maximum Gasteiger partial charge on any atom is 0.331 e. The highest BCUT2D eigenvalue weighted by atomic mass is 16.4. The molecule has 0 unspecified atom stereocenters. The predicted molar refractivity (Wildman–Crippen MR) is 59.6 cm³/mol. The van der Waals surface area contributed by atoms with E-state index in [9.17, 15) is 4.79 Å². The zero-order valence-corrected chi connectivity index (χ0v) is 9.24. The summed E-state index contributed by atoms with van der Waals surface area (Å²) in [5.41, 5.74) is 3.13. The quantitative estimate of drug-likeness (QED) is 0.771. The predicted octanol–water partition coefficient (Wildman–Crippen LogP) is 2.58. The van der Waals surface area contributed by atoms with E-state index in [1.807, 2.05) is 32.9 Å². The summed E-state index contributed by atoms with van der Waals surface area (Å²) in [6.45, 7) is 5.63. The molecule has 0 spiro atoms. The molecule has 0 aliphatic carbocycles. The van der Waals surface area contributed by atoms with Gasteiger partial charge in [0.2, 0.25) is 0 Å². The van der Waals surface area contributed by atoms with Gasteiger partial charge in [-0.15, -0.1) is 0 Å². The molecule has 80 valence electrons. The molecule has 3 heteroatoms. The third-order valence-corrected chi connectivity index (χ3v) is 2.10. The molecule has 1 N–H and O–H groups in total. The standard InChI is InChI=1S/C12H15NO2/c1-4-11(12(14)15)7-10-5-8(2)13-9(3)6-10/h5-7H,4H2,1-3H3,(H,14,15)/b11-7+. The fraction of sp³-hybridized carbons (Fsp3) is 0.333. The Balaban J connectivity index is 3.11. The van der Waals surface area contributed by atoms with E-state index in [4.69, 9.17) is 5.11 Å². The van der Waals surface area contributed by atoms with Crippen LogP contribution in [0.5, 0.6) is 0 Å². The van der Waals surface area contributed by atoms with Crippen molar-refractivity contribution >= 4 is 12.0 Å². The molecule has 0 atom stereocenters. The van der Waals surface area contributed by atoms with E-state index in [1.54, 1.807) is 6.08 Å². The van der Waals surface area contributed by atoms with Crippen LogP contribution in [0.4, 0.5) is 0 Å². The number of carbonyl (C=O) groups is 1. The van der Waals surface area contributed by atoms with Gasteiger partial charge in [-0.05, 0) is 44.0 Å². The normalized spacial score (nSPS) is 11.5. The summed E-state index contributed by atoms with van der Waals surface area (Å²) in [5, 5.41) is 8.89. The summed E-state index contributed by atoms with van der Waals surface area (Å²) in [6.07, 6.45) is 2.22. The molecule has 15 heavy (non-hydrogen) atoms. The largest absolute Gasteiger partial charge is 0.478 e. The summed E-state index contributed by atoms with van der Waals surface area (Å²) in [5.74, 6) is -0.857. The second kappa shape index (κ2) is 4.73. The molecule has 0 aliphatic heterocycles. The smallest absolute Gasteiger partial charge is 0.331 e. The van der Waals surface area contributed by atoms with Gasteiger partial charge in [-0.2, -0.15) is 0 Å². The number of nitrogens with zero attached hydrogens (tertiary/aromatic N) is 1. The van der Waals surface area contributed by atoms with Gasteiger partial charge >= 0.3 is 5.97 Å². The van der Waals surface area contributed by atoms with Gasteiger partial charge in [-0.1, -0.05) is 6.92 Å². The zero-order chi connectivity index (χ0) is 11.4. The fourth-order valence-electron chi connectivity index (χ4n) is 1.47. The molecular weight excluding hydrogens is 190 g/mol. The summed E-state index contributed by atoms with van der Waals surface area (Å²) in [4.78, 5) is 15.1. The van der Waals surface area contributed by atoms with Crippen LogP contribution in [0.25, 0.3) is 6.08 Å². The maximum atomic E-state index is 10.8. The molecule has 0 saturated heterocycles. The molecule has 3 nitrogen and oxygen atoms in total. The van der Waals surface area contributed by atoms with Crippen LogP contribution in [0.1, 0.15) is 30.3 Å². The SMILES string of the molecule is CC/C(=C\c1cc(C)nc(C)c1)C(=O)O. The van der Waals surface area contributed by atoms with Crippen molar-refractivity contribution in [2.24, 2.45) is 0 Å². The number of hydrogen-bond donors (Lipinski definition) is 1. The Morgan fingerprint density at radius 1 is 1.40 bits per heavy atom. The molecular formula is C12H15NO2. The van der Waals surface area contributed by atoms with Crippen molar-refractivity contribution in [2.45, 2.75) is 27.2 Å². The second-order valence-electron chi connectivity index (χ2n) is 3.51. The molecule has 1 aromatic rings. The molecule has 0 aliphatic rings. The van der Waals surface area contributed by atoms with Gasteiger partial charge in [-0.25, -0.2) is 4.79 Å². The molecule has 1 rings (SSSR count). The lowest BCUT2D eigenvalue weighted by Gasteiger charge is -2.01. The molecule has 1 aromatic heterocycles. The number of carboxylic acids is 1. The van der Waals surface area contributed by atoms with E-state index in [2.05, 4.69) is 4.98 Å². The van der Waals surface area contributed by atoms with E-state index in [1.165, 1.54) is 0 Å². The van der Waals surface area contributed by atoms with E-state index in [-0.39, 0.29) is 0 Å². The number of pyridine rings is 1. The first kappa shape index (κ1) is 11.4. The van der Waals surface area contributed by atoms with Gasteiger partial charge in [0.25, 0.3) is 0 Å². The molecule has 1 heterocycles. The average Bonchev–Trinajstić information content (AvgIpc) is 2.12. The van der Waals surface area contributed by atoms with Crippen molar-refractivity contribution in [1.82, 2.24) is 4.98 Å². The van der Waals surface area contributed by atoms with E-state index >= 15 is 0 Å². The van der Waals surface area contributed by atoms with Gasteiger partial charge in [0.15, 0.2) is 0 Å². The molecule has 0 saturated carbocycles. The minimum Gasteiger partial charge on any atom is -0.478 e. The molecule has 0 aromatic carbocycles. The van der Waals surface area contributed by atoms with Crippen molar-refractivity contribution < 1.29 is 9.90 Å². The summed E-state index contributed by atoms with van der Waals surface area (Å²) < 4.78 is 0. The van der Waals surface area contributed by atoms with Crippen LogP contribution >= 0.6 is 0 Å². The molecule has 0 radical (unpaired) electrons. The third kappa shape index (κ3) is 3.20. The highest BCUT2D eigenvalue weighted by Gasteiger charge is 2.04. The Hall–Kier alpha value is -1.64. The lowest BCUT2D eigenvalue weighted by Crippen LogP contribution is -1.99. The summed E-state index contributed by atoms with van der Waals surface area (Å²) in [7, 11) is 0. The van der Waals surface area contributed by atoms with Crippen molar-refractivity contribution in [3.63, 3.8) is 0 Å². The highest BCUT2D eigenvalue weighted by Crippen LogP contribution is 2.12. The van der Waals surface area contributed by atoms with Gasteiger partial charge in [0.05, 0.1) is 0 Å². The molecule has 0 bridgehead atoms. The number of hydrogen-bond acceptors (Lipinski definition) is 2. The summed E-state index contributed by atoms with van der Waals surface area (Å²) >= 11 is 0. The van der Waals surface area contributed by atoms with Gasteiger partial charge in [-0.3, -0.25) is 4.98 Å². The third-order valence-electron chi connectivity index (χ3n) is 2.10. The van der Waals surface area contributed by atoms with E-state index < -0.39 is 5.97 Å². The fourth-order valence-corrected chi connectivity index (χ4v) is 1.47. The van der Waals surface area contributed by atoms with Crippen LogP contribution in [-0.4, -0.2) is 16.1 Å². The van der Waals surface area contributed by atoms with Gasteiger partial charge < -0.3 is 5.11 Å². The molecule has 0 amide bonds. The van der Waals surface area contributed by atoms with Crippen LogP contribution in [0.2, 0.25) is 0 Å². The van der Waals surface area contributed by atoms with Crippen molar-refractivity contribution in [3.05, 3.63) is 34.7 Å². The van der Waals surface area contributed by atoms with Crippen LogP contribution in [0.15, 0.2) is 17.7 Å². The Kier molecular flexibility index (Phi) is 3.61. The van der Waals surface area contributed by atoms with Crippen LogP contribution in [0.3, 0.4) is 0 Å². The minimum absolute atomic E-state index is 0.417. The lowest BCUT2D eigenvalue weighted by molar-refractivity contribution is -0.132. The second-order valence-corrected chi connectivity index (χ2v) is 3.51. The highest BCUT2D eigenvalue weighted by molar-refractivity contribution is 5.92. The van der Waals surface area contributed by atoms with E-state index in [0.29, 0.717) is 12.0 Å². The Morgan fingerprint density at radius 3 is 2.33 bits per heavy atom. The van der Waals surface area contributed by atoms with Gasteiger partial charge in [0, 0.05) is 17.0 Å². The number of aliphatic carboxylic acids is 1. The first-order valence-electron chi connectivity index (χ1n) is 4.92. The number of rotatable bonds is 3. The first-order chi connectivity index (χ1) is 7.02. The number of carboxylic acid groups (broad SMARTS) is 1. The van der Waals surface area contributed by atoms with Crippen LogP contribution in [-0.2, 0) is 4.79 Å². The van der Waals surface area contributed by atoms with Crippen molar-refractivity contribution in [3.8, 4) is 0 Å². The minimum atomic E-state index is -0.857. The maximum absolute atomic E-state index is 10.8. The topological polar surface area (TPSA) is 50.2 Å². The van der Waals surface area contributed by atoms with Crippen molar-refractivity contribution in [1.29, 1.82) is 0 Å². The van der Waals surface area contributed by atoms with Crippen LogP contribution < -0.4 is 0 Å². The molecule has 0 fully saturated rings. The lowest BCUT2D eigenvalue weighted by atomic mass is 10.1. The van der Waals surface area contributed by atoms with Gasteiger partial charge in [0.1, 0.15) is 0 Å². The average molecular weight is 205 g/mol. The Morgan fingerprint density at radius 2 is 1.93 bits per heavy atom.